The summed E-state index contributed by atoms with van der Waals surface area (Å²) in [6.45, 7) is 1.55. The number of carbonyl (C=O) groups excluding carboxylic acids is 2. The third-order valence-electron chi connectivity index (χ3n) is 4.37. The van der Waals surface area contributed by atoms with E-state index in [0.29, 0.717) is 5.56 Å². The highest BCUT2D eigenvalue weighted by Gasteiger charge is 2.32. The molecule has 1 heterocycles. The molecule has 7 nitrogen and oxygen atoms in total. The zero-order valence-corrected chi connectivity index (χ0v) is 16.2. The molecule has 3 rings (SSSR count). The smallest absolute Gasteiger partial charge is 0.462 e. The first-order valence-corrected chi connectivity index (χ1v) is 9.08. The highest BCUT2D eigenvalue weighted by molar-refractivity contribution is 5.95. The number of aromatic nitrogens is 1. The van der Waals surface area contributed by atoms with Crippen LogP contribution in [0.4, 0.5) is 13.2 Å². The number of nitrogens with two attached hydrogens (primary N) is 1. The van der Waals surface area contributed by atoms with Gasteiger partial charge in [0.2, 0.25) is 11.3 Å². The van der Waals surface area contributed by atoms with Gasteiger partial charge < -0.3 is 19.8 Å². The van der Waals surface area contributed by atoms with Crippen LogP contribution < -0.4 is 15.9 Å². The fourth-order valence-corrected chi connectivity index (χ4v) is 3.08. The molecular formula is C21H17F3N2O5. The molecule has 2 aromatic carbocycles. The molecule has 0 aliphatic heterocycles. The average Bonchev–Trinajstić information content (AvgIpc) is 2.69. The Morgan fingerprint density at radius 1 is 1.10 bits per heavy atom. The molecule has 0 bridgehead atoms. The highest BCUT2D eigenvalue weighted by atomic mass is 19.4. The van der Waals surface area contributed by atoms with E-state index in [-0.39, 0.29) is 35.2 Å². The third-order valence-corrected chi connectivity index (χ3v) is 4.37. The van der Waals surface area contributed by atoms with Crippen LogP contribution in [-0.2, 0) is 11.3 Å². The van der Waals surface area contributed by atoms with Crippen molar-refractivity contribution < 1.29 is 32.2 Å². The minimum Gasteiger partial charge on any atom is -0.462 e. The predicted octanol–water partition coefficient (Wildman–Crippen LogP) is 3.22. The Labute approximate surface area is 173 Å². The van der Waals surface area contributed by atoms with Crippen molar-refractivity contribution in [3.05, 3.63) is 75.6 Å². The van der Waals surface area contributed by atoms with Gasteiger partial charge in [0, 0.05) is 18.3 Å². The fraction of sp³-hybridized carbons (Fsp3) is 0.190. The van der Waals surface area contributed by atoms with Crippen molar-refractivity contribution in [2.24, 2.45) is 5.73 Å². The highest BCUT2D eigenvalue weighted by Crippen LogP contribution is 2.30. The number of hydrogen-bond donors (Lipinski definition) is 1. The van der Waals surface area contributed by atoms with Crippen LogP contribution in [0.5, 0.6) is 5.75 Å². The summed E-state index contributed by atoms with van der Waals surface area (Å²) in [6, 6.07) is 9.64. The van der Waals surface area contributed by atoms with Gasteiger partial charge in [0.1, 0.15) is 5.56 Å². The Morgan fingerprint density at radius 3 is 2.35 bits per heavy atom. The molecule has 0 unspecified atom stereocenters. The molecule has 0 atom stereocenters. The van der Waals surface area contributed by atoms with Gasteiger partial charge in [0.25, 0.3) is 0 Å². The summed E-state index contributed by atoms with van der Waals surface area (Å²) in [5, 5.41) is -0.138. The predicted molar refractivity (Wildman–Crippen MR) is 105 cm³/mol. The van der Waals surface area contributed by atoms with Crippen LogP contribution in [0, 0.1) is 0 Å². The van der Waals surface area contributed by atoms with Crippen LogP contribution in [0.15, 0.2) is 53.5 Å². The van der Waals surface area contributed by atoms with E-state index in [0.717, 1.165) is 12.3 Å². The molecular weight excluding hydrogens is 417 g/mol. The van der Waals surface area contributed by atoms with Crippen LogP contribution in [0.3, 0.4) is 0 Å². The van der Waals surface area contributed by atoms with Crippen molar-refractivity contribution in [2.45, 2.75) is 19.8 Å². The van der Waals surface area contributed by atoms with E-state index < -0.39 is 29.4 Å². The van der Waals surface area contributed by atoms with Crippen molar-refractivity contribution in [3.8, 4) is 5.75 Å². The Morgan fingerprint density at radius 2 is 1.77 bits per heavy atom. The maximum Gasteiger partial charge on any atom is 0.573 e. The molecule has 0 saturated carbocycles. The lowest BCUT2D eigenvalue weighted by Crippen LogP contribution is -2.23. The van der Waals surface area contributed by atoms with Gasteiger partial charge >= 0.3 is 12.3 Å². The molecule has 2 N–H and O–H groups in total. The molecule has 1 aromatic heterocycles. The molecule has 0 aliphatic rings. The maximum atomic E-state index is 12.9. The molecule has 0 saturated heterocycles. The van der Waals surface area contributed by atoms with E-state index in [9.17, 15) is 27.6 Å². The summed E-state index contributed by atoms with van der Waals surface area (Å²) < 4.78 is 49.1. The Hall–Kier alpha value is -3.82. The van der Waals surface area contributed by atoms with Crippen LogP contribution in [0.25, 0.3) is 10.9 Å². The number of halogens is 3. The van der Waals surface area contributed by atoms with Crippen molar-refractivity contribution in [1.82, 2.24) is 4.57 Å². The number of nitrogens with zero attached hydrogens (tertiary/aromatic N) is 1. The van der Waals surface area contributed by atoms with E-state index in [1.807, 2.05) is 0 Å². The molecule has 10 heteroatoms. The van der Waals surface area contributed by atoms with Crippen molar-refractivity contribution in [1.29, 1.82) is 0 Å². The van der Waals surface area contributed by atoms with Gasteiger partial charge in [-0.05, 0) is 36.8 Å². The average molecular weight is 434 g/mol. The van der Waals surface area contributed by atoms with E-state index >= 15 is 0 Å². The normalized spacial score (nSPS) is 11.4. The van der Waals surface area contributed by atoms with Crippen LogP contribution >= 0.6 is 0 Å². The number of amides is 1. The number of benzene rings is 2. The minimum atomic E-state index is -4.99. The molecule has 1 amide bonds. The number of primary amides is 1. The molecule has 3 aromatic rings. The lowest BCUT2D eigenvalue weighted by Gasteiger charge is -2.17. The maximum absolute atomic E-state index is 12.9. The van der Waals surface area contributed by atoms with E-state index in [4.69, 9.17) is 10.5 Å². The van der Waals surface area contributed by atoms with Crippen LogP contribution in [-0.4, -0.2) is 29.4 Å². The van der Waals surface area contributed by atoms with Gasteiger partial charge in [-0.2, -0.15) is 0 Å². The Balaban J connectivity index is 2.22. The van der Waals surface area contributed by atoms with Gasteiger partial charge in [-0.15, -0.1) is 13.2 Å². The monoisotopic (exact) mass is 434 g/mol. The third kappa shape index (κ3) is 4.85. The first-order chi connectivity index (χ1) is 14.6. The fourth-order valence-electron chi connectivity index (χ4n) is 3.08. The number of hydrogen-bond acceptors (Lipinski definition) is 5. The number of pyridine rings is 1. The minimum absolute atomic E-state index is 0.0160. The number of carbonyl (C=O) groups is 2. The zero-order chi connectivity index (χ0) is 22.8. The molecule has 0 spiro atoms. The second kappa shape index (κ2) is 8.50. The first kappa shape index (κ1) is 21.9. The number of fused-ring (bicyclic) bond motifs is 1. The number of para-hydroxylation sites is 1. The summed E-state index contributed by atoms with van der Waals surface area (Å²) in [6.07, 6.45) is -3.86. The Bertz CT molecular complexity index is 1200. The van der Waals surface area contributed by atoms with E-state index in [1.54, 1.807) is 19.1 Å². The van der Waals surface area contributed by atoms with Crippen LogP contribution in [0.2, 0.25) is 0 Å². The van der Waals surface area contributed by atoms with Gasteiger partial charge in [-0.25, -0.2) is 4.79 Å². The standard InChI is InChI=1S/C21H17F3N2O5/c1-2-30-20(29)15-11-26(10-12-6-8-13(9-7-12)19(25)28)17-14(18(15)27)4-3-5-16(17)31-21(22,23)24/h3-9,11H,2,10H2,1H3,(H2,25,28). The van der Waals surface area contributed by atoms with Crippen molar-refractivity contribution in [2.75, 3.05) is 6.61 Å². The van der Waals surface area contributed by atoms with Gasteiger partial charge in [0.05, 0.1) is 17.5 Å². The Kier molecular flexibility index (Phi) is 6.00. The summed E-state index contributed by atoms with van der Waals surface area (Å²) in [4.78, 5) is 36.3. The van der Waals surface area contributed by atoms with Crippen molar-refractivity contribution >= 4 is 22.8 Å². The first-order valence-electron chi connectivity index (χ1n) is 9.08. The molecule has 0 fully saturated rings. The second-order valence-corrected chi connectivity index (χ2v) is 6.48. The quantitative estimate of drug-likeness (QED) is 0.601. The lowest BCUT2D eigenvalue weighted by molar-refractivity contribution is -0.274. The summed E-state index contributed by atoms with van der Waals surface area (Å²) >= 11 is 0. The molecule has 0 radical (unpaired) electrons. The zero-order valence-electron chi connectivity index (χ0n) is 16.2. The summed E-state index contributed by atoms with van der Waals surface area (Å²) in [5.41, 5.74) is 4.80. The molecule has 31 heavy (non-hydrogen) atoms. The van der Waals surface area contributed by atoms with Crippen molar-refractivity contribution in [3.63, 3.8) is 0 Å². The molecule has 162 valence electrons. The number of rotatable bonds is 6. The summed E-state index contributed by atoms with van der Waals surface area (Å²) in [5.74, 6) is -2.12. The summed E-state index contributed by atoms with van der Waals surface area (Å²) in [7, 11) is 0. The number of ether oxygens (including phenoxy) is 2. The topological polar surface area (TPSA) is 101 Å². The lowest BCUT2D eigenvalue weighted by atomic mass is 10.1. The van der Waals surface area contributed by atoms with E-state index in [2.05, 4.69) is 4.74 Å². The van der Waals surface area contributed by atoms with Gasteiger partial charge in [-0.1, -0.05) is 18.2 Å². The number of esters is 1. The number of alkyl halides is 3. The molecule has 0 aliphatic carbocycles. The van der Waals surface area contributed by atoms with Gasteiger partial charge in [0.15, 0.2) is 5.75 Å². The van der Waals surface area contributed by atoms with E-state index in [1.165, 1.54) is 28.8 Å². The second-order valence-electron chi connectivity index (χ2n) is 6.48. The SMILES string of the molecule is CCOC(=O)c1cn(Cc2ccc(C(N)=O)cc2)c2c(OC(F)(F)F)cccc2c1=O. The largest absolute Gasteiger partial charge is 0.573 e. The van der Waals surface area contributed by atoms with Gasteiger partial charge in [-0.3, -0.25) is 9.59 Å². The van der Waals surface area contributed by atoms with Crippen LogP contribution in [0.1, 0.15) is 33.2 Å².